The van der Waals surface area contributed by atoms with Gasteiger partial charge in [-0.2, -0.15) is 0 Å². The summed E-state index contributed by atoms with van der Waals surface area (Å²) in [7, 11) is 0. The summed E-state index contributed by atoms with van der Waals surface area (Å²) in [4.78, 5) is 0. The van der Waals surface area contributed by atoms with E-state index in [1.807, 2.05) is 12.1 Å². The number of halogens is 2. The summed E-state index contributed by atoms with van der Waals surface area (Å²) in [6.07, 6.45) is 7.86. The first-order chi connectivity index (χ1) is 12.1. The van der Waals surface area contributed by atoms with Crippen molar-refractivity contribution in [3.05, 3.63) is 65.2 Å². The summed E-state index contributed by atoms with van der Waals surface area (Å²) >= 11 is 0. The van der Waals surface area contributed by atoms with Crippen LogP contribution in [0.3, 0.4) is 0 Å². The Kier molecular flexibility index (Phi) is 6.06. The van der Waals surface area contributed by atoms with Gasteiger partial charge in [-0.3, -0.25) is 0 Å². The molecule has 0 heterocycles. The van der Waals surface area contributed by atoms with Gasteiger partial charge in [-0.15, -0.1) is 0 Å². The summed E-state index contributed by atoms with van der Waals surface area (Å²) in [5, 5.41) is 0. The molecule has 0 N–H and O–H groups in total. The predicted octanol–water partition coefficient (Wildman–Crippen LogP) is 6.62. The molecule has 0 bridgehead atoms. The van der Waals surface area contributed by atoms with Crippen molar-refractivity contribution in [1.29, 1.82) is 0 Å². The van der Waals surface area contributed by atoms with Crippen molar-refractivity contribution in [3.63, 3.8) is 0 Å². The van der Waals surface area contributed by atoms with E-state index >= 15 is 0 Å². The molecule has 0 saturated heterocycles. The molecule has 134 valence electrons. The van der Waals surface area contributed by atoms with E-state index in [2.05, 4.69) is 19.1 Å². The molecule has 0 spiro atoms. The second kappa shape index (κ2) is 8.46. The Hall–Kier alpha value is -1.90. The molecule has 1 fully saturated rings. The molecule has 0 aromatic heterocycles. The third-order valence-electron chi connectivity index (χ3n) is 5.22. The van der Waals surface area contributed by atoms with Crippen molar-refractivity contribution < 1.29 is 13.5 Å². The first kappa shape index (κ1) is 17.9. The molecule has 0 atom stereocenters. The number of hydrogen-bond donors (Lipinski definition) is 0. The molecule has 3 heteroatoms. The van der Waals surface area contributed by atoms with E-state index in [4.69, 9.17) is 4.74 Å². The van der Waals surface area contributed by atoms with E-state index in [0.717, 1.165) is 17.7 Å². The van der Waals surface area contributed by atoms with Gasteiger partial charge in [-0.25, -0.2) is 8.78 Å². The molecule has 0 unspecified atom stereocenters. The highest BCUT2D eigenvalue weighted by molar-refractivity contribution is 5.30. The Labute approximate surface area is 149 Å². The molecule has 1 aliphatic carbocycles. The second-order valence-electron chi connectivity index (χ2n) is 7.14. The van der Waals surface area contributed by atoms with Gasteiger partial charge < -0.3 is 4.74 Å². The fourth-order valence-corrected chi connectivity index (χ4v) is 3.89. The monoisotopic (exact) mass is 344 g/mol. The lowest BCUT2D eigenvalue weighted by Gasteiger charge is -2.28. The van der Waals surface area contributed by atoms with Gasteiger partial charge in [0.25, 0.3) is 0 Å². The van der Waals surface area contributed by atoms with E-state index in [9.17, 15) is 8.78 Å². The van der Waals surface area contributed by atoms with Crippen LogP contribution in [0.25, 0.3) is 0 Å². The summed E-state index contributed by atoms with van der Waals surface area (Å²) in [5.41, 5.74) is 1.87. The molecule has 3 rings (SSSR count). The van der Waals surface area contributed by atoms with Crippen LogP contribution in [0.1, 0.15) is 62.5 Å². The third kappa shape index (κ3) is 5.04. The number of benzene rings is 2. The standard InChI is InChI=1S/C22H26F2O/c1-2-3-16-4-6-18(7-5-16)19-8-10-22(11-9-19)25-15-17-12-20(23)14-21(24)13-17/h8-14,16,18H,2-7,15H2,1H3/t16-,18-. The van der Waals surface area contributed by atoms with Crippen molar-refractivity contribution in [2.75, 3.05) is 0 Å². The van der Waals surface area contributed by atoms with E-state index in [1.165, 1.54) is 56.2 Å². The molecule has 25 heavy (non-hydrogen) atoms. The molecule has 1 aliphatic rings. The van der Waals surface area contributed by atoms with Crippen molar-refractivity contribution in [3.8, 4) is 5.75 Å². The van der Waals surface area contributed by atoms with Crippen LogP contribution < -0.4 is 4.74 Å². The fourth-order valence-electron chi connectivity index (χ4n) is 3.89. The summed E-state index contributed by atoms with van der Waals surface area (Å²) in [6.45, 7) is 2.43. The van der Waals surface area contributed by atoms with E-state index in [1.54, 1.807) is 0 Å². The van der Waals surface area contributed by atoms with E-state index in [-0.39, 0.29) is 6.61 Å². The van der Waals surface area contributed by atoms with Gasteiger partial charge in [-0.05, 0) is 72.9 Å². The predicted molar refractivity (Wildman–Crippen MR) is 96.7 cm³/mol. The Bertz CT molecular complexity index is 653. The molecule has 2 aromatic carbocycles. The van der Waals surface area contributed by atoms with Crippen LogP contribution in [-0.4, -0.2) is 0 Å². The lowest BCUT2D eigenvalue weighted by molar-refractivity contribution is 0.302. The Morgan fingerprint density at radius 2 is 1.56 bits per heavy atom. The van der Waals surface area contributed by atoms with Crippen molar-refractivity contribution in [2.45, 2.75) is 58.0 Å². The zero-order valence-electron chi connectivity index (χ0n) is 14.8. The zero-order valence-corrected chi connectivity index (χ0v) is 14.8. The maximum absolute atomic E-state index is 13.2. The van der Waals surface area contributed by atoms with Crippen molar-refractivity contribution in [1.82, 2.24) is 0 Å². The Morgan fingerprint density at radius 1 is 0.920 bits per heavy atom. The first-order valence-electron chi connectivity index (χ1n) is 9.31. The average molecular weight is 344 g/mol. The lowest BCUT2D eigenvalue weighted by atomic mass is 9.77. The van der Waals surface area contributed by atoms with Gasteiger partial charge in [0.15, 0.2) is 0 Å². The Morgan fingerprint density at radius 3 is 2.16 bits per heavy atom. The lowest BCUT2D eigenvalue weighted by Crippen LogP contribution is -2.13. The smallest absolute Gasteiger partial charge is 0.126 e. The largest absolute Gasteiger partial charge is 0.489 e. The summed E-state index contributed by atoms with van der Waals surface area (Å²) in [6, 6.07) is 11.6. The SMILES string of the molecule is CCC[C@H]1CC[C@H](c2ccc(OCc3cc(F)cc(F)c3)cc2)CC1. The maximum atomic E-state index is 13.2. The summed E-state index contributed by atoms with van der Waals surface area (Å²) < 4.78 is 32.0. The van der Waals surface area contributed by atoms with Crippen molar-refractivity contribution >= 4 is 0 Å². The molecule has 0 radical (unpaired) electrons. The van der Waals surface area contributed by atoms with Gasteiger partial charge in [0.1, 0.15) is 24.0 Å². The first-order valence-corrected chi connectivity index (χ1v) is 9.31. The highest BCUT2D eigenvalue weighted by Crippen LogP contribution is 2.37. The van der Waals surface area contributed by atoms with Crippen LogP contribution in [0.4, 0.5) is 8.78 Å². The van der Waals surface area contributed by atoms with Gasteiger partial charge in [-0.1, -0.05) is 31.9 Å². The molecule has 0 aliphatic heterocycles. The quantitative estimate of drug-likeness (QED) is 0.572. The van der Waals surface area contributed by atoms with Gasteiger partial charge >= 0.3 is 0 Å². The highest BCUT2D eigenvalue weighted by atomic mass is 19.1. The van der Waals surface area contributed by atoms with Crippen LogP contribution in [-0.2, 0) is 6.61 Å². The number of rotatable bonds is 6. The molecule has 0 amide bonds. The third-order valence-corrected chi connectivity index (χ3v) is 5.22. The number of hydrogen-bond acceptors (Lipinski definition) is 1. The Balaban J connectivity index is 1.54. The minimum atomic E-state index is -0.576. The van der Waals surface area contributed by atoms with Gasteiger partial charge in [0.2, 0.25) is 0 Å². The maximum Gasteiger partial charge on any atom is 0.126 e. The topological polar surface area (TPSA) is 9.23 Å². The molecular weight excluding hydrogens is 318 g/mol. The second-order valence-corrected chi connectivity index (χ2v) is 7.14. The highest BCUT2D eigenvalue weighted by Gasteiger charge is 2.21. The van der Waals surface area contributed by atoms with Crippen molar-refractivity contribution in [2.24, 2.45) is 5.92 Å². The van der Waals surface area contributed by atoms with Crippen LogP contribution in [0.15, 0.2) is 42.5 Å². The minimum absolute atomic E-state index is 0.163. The average Bonchev–Trinajstić information content (AvgIpc) is 2.61. The van der Waals surface area contributed by atoms with Gasteiger partial charge in [0, 0.05) is 6.07 Å². The normalized spacial score (nSPS) is 20.4. The zero-order chi connectivity index (χ0) is 17.6. The summed E-state index contributed by atoms with van der Waals surface area (Å²) in [5.74, 6) is 1.14. The van der Waals surface area contributed by atoms with Crippen LogP contribution >= 0.6 is 0 Å². The number of ether oxygens (including phenoxy) is 1. The molecule has 2 aromatic rings. The fraction of sp³-hybridized carbons (Fsp3) is 0.455. The van der Waals surface area contributed by atoms with Crippen LogP contribution in [0.5, 0.6) is 5.75 Å². The van der Waals surface area contributed by atoms with Crippen LogP contribution in [0.2, 0.25) is 0 Å². The van der Waals surface area contributed by atoms with Gasteiger partial charge in [0.05, 0.1) is 0 Å². The van der Waals surface area contributed by atoms with Crippen LogP contribution in [0, 0.1) is 17.6 Å². The van der Waals surface area contributed by atoms with E-state index < -0.39 is 11.6 Å². The minimum Gasteiger partial charge on any atom is -0.489 e. The van der Waals surface area contributed by atoms with E-state index in [0.29, 0.717) is 11.5 Å². The molecule has 1 saturated carbocycles. The molecule has 1 nitrogen and oxygen atoms in total. The molecular formula is C22H26F2O.